The second-order valence-corrected chi connectivity index (χ2v) is 9.72. The summed E-state index contributed by atoms with van der Waals surface area (Å²) in [7, 11) is 2.18. The summed E-state index contributed by atoms with van der Waals surface area (Å²) in [6.45, 7) is 0. The topological polar surface area (TPSA) is 95.5 Å². The lowest BCUT2D eigenvalue weighted by atomic mass is 9.99. The van der Waals surface area contributed by atoms with Gasteiger partial charge in [-0.3, -0.25) is 5.10 Å². The number of hydrogen-bond acceptors (Lipinski definition) is 9. The van der Waals surface area contributed by atoms with Gasteiger partial charge in [0.1, 0.15) is 5.01 Å². The molecule has 11 heteroatoms. The van der Waals surface area contributed by atoms with Gasteiger partial charge in [0.05, 0.1) is 11.8 Å². The van der Waals surface area contributed by atoms with E-state index in [4.69, 9.17) is 9.97 Å². The minimum absolute atomic E-state index is 0. The first-order chi connectivity index (χ1) is 14.2. The van der Waals surface area contributed by atoms with E-state index in [0.717, 1.165) is 30.9 Å². The molecule has 4 aromatic heterocycles. The second-order valence-electron chi connectivity index (χ2n) is 7.78. The Kier molecular flexibility index (Phi) is 5.18. The van der Waals surface area contributed by atoms with Crippen LogP contribution in [0.1, 0.15) is 25.7 Å². The maximum Gasteiger partial charge on any atom is 0.188 e. The van der Waals surface area contributed by atoms with E-state index in [9.17, 15) is 0 Å². The van der Waals surface area contributed by atoms with E-state index in [0.29, 0.717) is 23.9 Å². The molecule has 6 heterocycles. The molecule has 2 bridgehead atoms. The molecule has 0 saturated carbocycles. The molecule has 6 rings (SSSR count). The van der Waals surface area contributed by atoms with Crippen LogP contribution in [0.15, 0.2) is 24.8 Å². The lowest BCUT2D eigenvalue weighted by molar-refractivity contribution is 0.354. The Bertz CT molecular complexity index is 1100. The van der Waals surface area contributed by atoms with Crippen LogP contribution in [-0.2, 0) is 0 Å². The molecule has 2 aliphatic heterocycles. The van der Waals surface area contributed by atoms with Crippen LogP contribution >= 0.6 is 35.1 Å². The molecule has 2 fully saturated rings. The lowest BCUT2D eigenvalue weighted by Gasteiger charge is -2.35. The smallest absolute Gasteiger partial charge is 0.188 e. The van der Waals surface area contributed by atoms with Gasteiger partial charge in [-0.05, 0) is 25.7 Å². The number of nitrogens with one attached hydrogen (secondary N) is 2. The monoisotopic (exact) mass is 460 g/mol. The second kappa shape index (κ2) is 7.84. The van der Waals surface area contributed by atoms with Crippen molar-refractivity contribution in [1.29, 1.82) is 0 Å². The summed E-state index contributed by atoms with van der Waals surface area (Å²) < 4.78 is 0. The highest BCUT2D eigenvalue weighted by Gasteiger charge is 2.36. The van der Waals surface area contributed by atoms with E-state index in [2.05, 4.69) is 37.4 Å². The number of aromatic amines is 1. The Hall–Kier alpha value is -2.14. The fourth-order valence-corrected chi connectivity index (χ4v) is 6.41. The van der Waals surface area contributed by atoms with Crippen LogP contribution in [0.2, 0.25) is 0 Å². The minimum Gasteiger partial charge on any atom is -0.348 e. The zero-order valence-corrected chi connectivity index (χ0v) is 18.7. The number of hydrogen-bond donors (Lipinski definition) is 2. The van der Waals surface area contributed by atoms with Gasteiger partial charge in [0, 0.05) is 49.3 Å². The summed E-state index contributed by atoms with van der Waals surface area (Å²) in [4.78, 5) is 22.9. The third-order valence-corrected chi connectivity index (χ3v) is 8.08. The number of H-pyrrole nitrogens is 1. The number of nitrogens with zero attached hydrogens (tertiary/aromatic N) is 6. The highest BCUT2D eigenvalue weighted by Crippen LogP contribution is 2.38. The highest BCUT2D eigenvalue weighted by molar-refractivity contribution is 7.29. The third-order valence-electron chi connectivity index (χ3n) is 5.92. The molecule has 3 atom stereocenters. The molecule has 0 spiro atoms. The van der Waals surface area contributed by atoms with Gasteiger partial charge in [-0.15, -0.1) is 12.4 Å². The van der Waals surface area contributed by atoms with E-state index < -0.39 is 0 Å². The molecule has 2 aliphatic rings. The van der Waals surface area contributed by atoms with Gasteiger partial charge in [-0.2, -0.15) is 5.10 Å². The summed E-state index contributed by atoms with van der Waals surface area (Å²) in [6, 6.07) is 1.92. The standard InChI is InChI=1S/C19H20N8S2.ClH/c1-27(14-4-12-2-3-13(5-14)24-12)19-26-18-17(29-19)25-16(28-18)11-6-20-15(21-7-11)10-8-22-23-9-10;/h6-9,12-14,24H,2-5H2,1H3,(H,22,23);1H/t12-,13+,14?;. The van der Waals surface area contributed by atoms with Gasteiger partial charge in [0.2, 0.25) is 0 Å². The van der Waals surface area contributed by atoms with Crippen LogP contribution in [0.5, 0.6) is 0 Å². The van der Waals surface area contributed by atoms with Gasteiger partial charge >= 0.3 is 0 Å². The average molecular weight is 461 g/mol. The largest absolute Gasteiger partial charge is 0.348 e. The van der Waals surface area contributed by atoms with E-state index in [1.165, 1.54) is 25.7 Å². The van der Waals surface area contributed by atoms with Crippen molar-refractivity contribution in [2.45, 2.75) is 43.8 Å². The lowest BCUT2D eigenvalue weighted by Crippen LogP contribution is -2.47. The van der Waals surface area contributed by atoms with E-state index >= 15 is 0 Å². The molecule has 156 valence electrons. The van der Waals surface area contributed by atoms with Crippen LogP contribution in [0, 0.1) is 0 Å². The van der Waals surface area contributed by atoms with Crippen molar-refractivity contribution in [3.8, 4) is 22.0 Å². The predicted octanol–water partition coefficient (Wildman–Crippen LogP) is 3.74. The molecule has 0 amide bonds. The van der Waals surface area contributed by atoms with Gasteiger partial charge in [-0.25, -0.2) is 19.9 Å². The number of anilines is 1. The molecule has 2 N–H and O–H groups in total. The summed E-state index contributed by atoms with van der Waals surface area (Å²) >= 11 is 3.28. The van der Waals surface area contributed by atoms with Crippen molar-refractivity contribution in [3.63, 3.8) is 0 Å². The molecule has 8 nitrogen and oxygen atoms in total. The molecular weight excluding hydrogens is 440 g/mol. The van der Waals surface area contributed by atoms with Crippen molar-refractivity contribution in [2.24, 2.45) is 0 Å². The van der Waals surface area contributed by atoms with Gasteiger partial charge < -0.3 is 10.2 Å². The molecule has 0 aromatic carbocycles. The number of thiazole rings is 2. The van der Waals surface area contributed by atoms with Crippen molar-refractivity contribution >= 4 is 49.9 Å². The minimum atomic E-state index is 0. The SMILES string of the molecule is CN(c1nc2sc(-c3cnc(-c4cn[nH]c4)nc3)nc2s1)C1C[C@H]2CC[C@@H](C1)N2.Cl. The first-order valence-electron chi connectivity index (χ1n) is 9.81. The van der Waals surface area contributed by atoms with Crippen LogP contribution in [0.4, 0.5) is 5.13 Å². The first kappa shape index (κ1) is 19.8. The number of rotatable bonds is 4. The Balaban J connectivity index is 0.00000193. The summed E-state index contributed by atoms with van der Waals surface area (Å²) in [5.41, 5.74) is 1.79. The molecule has 0 aliphatic carbocycles. The first-order valence-corrected chi connectivity index (χ1v) is 11.4. The molecule has 2 saturated heterocycles. The van der Waals surface area contributed by atoms with E-state index in [-0.39, 0.29) is 12.4 Å². The predicted molar refractivity (Wildman–Crippen MR) is 123 cm³/mol. The number of piperidine rings is 1. The quantitative estimate of drug-likeness (QED) is 0.478. The summed E-state index contributed by atoms with van der Waals surface area (Å²) in [5.74, 6) is 0.652. The van der Waals surface area contributed by atoms with Gasteiger partial charge in [0.25, 0.3) is 0 Å². The van der Waals surface area contributed by atoms with E-state index in [1.807, 2.05) is 12.4 Å². The molecule has 1 unspecified atom stereocenters. The Morgan fingerprint density at radius 2 is 1.70 bits per heavy atom. The average Bonchev–Trinajstić information content (AvgIpc) is 3.51. The van der Waals surface area contributed by atoms with Crippen molar-refractivity contribution in [2.75, 3.05) is 11.9 Å². The Morgan fingerprint density at radius 1 is 0.967 bits per heavy atom. The zero-order chi connectivity index (χ0) is 19.4. The maximum absolute atomic E-state index is 4.89. The number of aromatic nitrogens is 6. The molecule has 4 aromatic rings. The van der Waals surface area contributed by atoms with E-state index in [1.54, 1.807) is 35.1 Å². The number of fused-ring (bicyclic) bond motifs is 3. The van der Waals surface area contributed by atoms with Crippen molar-refractivity contribution in [1.82, 2.24) is 35.5 Å². The van der Waals surface area contributed by atoms with Crippen LogP contribution in [-0.4, -0.2) is 55.3 Å². The zero-order valence-electron chi connectivity index (χ0n) is 16.3. The molecule has 0 radical (unpaired) electrons. The molecular formula is C19H21ClN8S2. The summed E-state index contributed by atoms with van der Waals surface area (Å²) in [6.07, 6.45) is 12.2. The maximum atomic E-state index is 4.89. The Morgan fingerprint density at radius 3 is 2.37 bits per heavy atom. The highest BCUT2D eigenvalue weighted by atomic mass is 35.5. The van der Waals surface area contributed by atoms with Crippen LogP contribution in [0.3, 0.4) is 0 Å². The Labute approximate surface area is 187 Å². The normalized spacial score (nSPS) is 22.9. The number of halogens is 1. The van der Waals surface area contributed by atoms with Gasteiger partial charge in [-0.1, -0.05) is 22.7 Å². The third kappa shape index (κ3) is 3.47. The van der Waals surface area contributed by atoms with Gasteiger partial charge in [0.15, 0.2) is 20.6 Å². The molecule has 30 heavy (non-hydrogen) atoms. The van der Waals surface area contributed by atoms with Crippen molar-refractivity contribution < 1.29 is 0 Å². The summed E-state index contributed by atoms with van der Waals surface area (Å²) in [5, 5.41) is 12.4. The fourth-order valence-electron chi connectivity index (χ4n) is 4.37. The van der Waals surface area contributed by atoms with Crippen molar-refractivity contribution in [3.05, 3.63) is 24.8 Å². The van der Waals surface area contributed by atoms with Crippen LogP contribution in [0.25, 0.3) is 31.6 Å². The van der Waals surface area contributed by atoms with Crippen LogP contribution < -0.4 is 10.2 Å². The fraction of sp³-hybridized carbons (Fsp3) is 0.421.